The van der Waals surface area contributed by atoms with Gasteiger partial charge in [0, 0.05) is 22.2 Å². The van der Waals surface area contributed by atoms with Gasteiger partial charge in [-0.2, -0.15) is 11.8 Å². The highest BCUT2D eigenvalue weighted by atomic mass is 35.5. The molecular formula is C12H14ClN3S3. The normalized spacial score (nSPS) is 10.7. The van der Waals surface area contributed by atoms with Crippen LogP contribution in [0.25, 0.3) is 0 Å². The van der Waals surface area contributed by atoms with Gasteiger partial charge in [0.05, 0.1) is 0 Å². The van der Waals surface area contributed by atoms with Crippen LogP contribution in [0.4, 0.5) is 10.8 Å². The molecule has 1 heterocycles. The van der Waals surface area contributed by atoms with Crippen LogP contribution in [-0.2, 0) is 0 Å². The first-order valence-electron chi connectivity index (χ1n) is 5.68. The number of rotatable bonds is 6. The first kappa shape index (κ1) is 15.0. The van der Waals surface area contributed by atoms with Crippen molar-refractivity contribution >= 4 is 57.3 Å². The highest BCUT2D eigenvalue weighted by Crippen LogP contribution is 2.30. The van der Waals surface area contributed by atoms with Gasteiger partial charge in [0.15, 0.2) is 4.34 Å². The van der Waals surface area contributed by atoms with E-state index in [1.807, 2.05) is 36.9 Å². The average molecular weight is 332 g/mol. The van der Waals surface area contributed by atoms with E-state index in [1.54, 1.807) is 23.1 Å². The van der Waals surface area contributed by atoms with Crippen molar-refractivity contribution < 1.29 is 0 Å². The third-order valence-electron chi connectivity index (χ3n) is 2.43. The number of nitrogens with one attached hydrogen (secondary N) is 1. The number of thioether (sulfide) groups is 2. The van der Waals surface area contributed by atoms with Crippen LogP contribution in [0.15, 0.2) is 22.5 Å². The zero-order chi connectivity index (χ0) is 13.7. The predicted molar refractivity (Wildman–Crippen MR) is 88.5 cm³/mol. The van der Waals surface area contributed by atoms with Crippen molar-refractivity contribution in [1.29, 1.82) is 0 Å². The Morgan fingerprint density at radius 2 is 2.16 bits per heavy atom. The molecule has 0 unspecified atom stereocenters. The van der Waals surface area contributed by atoms with Crippen LogP contribution in [0.2, 0.25) is 5.02 Å². The summed E-state index contributed by atoms with van der Waals surface area (Å²) in [5, 5.41) is 13.1. The van der Waals surface area contributed by atoms with Crippen molar-refractivity contribution in [1.82, 2.24) is 10.2 Å². The molecule has 1 aromatic heterocycles. The molecule has 1 N–H and O–H groups in total. The Morgan fingerprint density at radius 1 is 1.32 bits per heavy atom. The van der Waals surface area contributed by atoms with Gasteiger partial charge in [0.2, 0.25) is 5.13 Å². The topological polar surface area (TPSA) is 37.8 Å². The highest BCUT2D eigenvalue weighted by molar-refractivity contribution is 8.03. The lowest BCUT2D eigenvalue weighted by atomic mass is 10.2. The van der Waals surface area contributed by atoms with Gasteiger partial charge < -0.3 is 5.32 Å². The van der Waals surface area contributed by atoms with E-state index in [9.17, 15) is 0 Å². The monoisotopic (exact) mass is 331 g/mol. The summed E-state index contributed by atoms with van der Waals surface area (Å²) in [5.74, 6) is 2.19. The third kappa shape index (κ3) is 4.27. The first-order chi connectivity index (χ1) is 9.20. The number of hydrogen-bond donors (Lipinski definition) is 1. The van der Waals surface area contributed by atoms with Crippen LogP contribution in [-0.4, -0.2) is 28.0 Å². The Balaban J connectivity index is 2.01. The summed E-state index contributed by atoms with van der Waals surface area (Å²) < 4.78 is 0.997. The molecule has 0 aliphatic heterocycles. The summed E-state index contributed by atoms with van der Waals surface area (Å²) in [6.07, 6.45) is 2.11. The number of benzene rings is 1. The zero-order valence-corrected chi connectivity index (χ0v) is 13.8. The predicted octanol–water partition coefficient (Wildman–Crippen LogP) is 4.70. The summed E-state index contributed by atoms with van der Waals surface area (Å²) in [5.41, 5.74) is 2.00. The molecule has 2 rings (SSSR count). The second-order valence-corrected chi connectivity index (χ2v) is 7.46. The summed E-state index contributed by atoms with van der Waals surface area (Å²) in [6, 6.07) is 5.79. The Kier molecular flexibility index (Phi) is 5.81. The molecule has 0 spiro atoms. The Morgan fingerprint density at radius 3 is 2.95 bits per heavy atom. The van der Waals surface area contributed by atoms with Gasteiger partial charge in [-0.15, -0.1) is 10.2 Å². The zero-order valence-electron chi connectivity index (χ0n) is 10.6. The minimum Gasteiger partial charge on any atom is -0.330 e. The molecule has 0 aliphatic carbocycles. The average Bonchev–Trinajstić information content (AvgIpc) is 2.83. The summed E-state index contributed by atoms with van der Waals surface area (Å²) >= 11 is 11.2. The molecule has 102 valence electrons. The van der Waals surface area contributed by atoms with Crippen LogP contribution in [0.3, 0.4) is 0 Å². The molecule has 0 aliphatic rings. The molecule has 0 atom stereocenters. The molecule has 1 aromatic carbocycles. The second-order valence-electron chi connectivity index (χ2n) is 3.75. The molecule has 0 saturated heterocycles. The molecular weight excluding hydrogens is 318 g/mol. The van der Waals surface area contributed by atoms with E-state index in [2.05, 4.69) is 21.8 Å². The fourth-order valence-electron chi connectivity index (χ4n) is 1.39. The minimum absolute atomic E-state index is 0.754. The van der Waals surface area contributed by atoms with E-state index in [-0.39, 0.29) is 0 Å². The summed E-state index contributed by atoms with van der Waals surface area (Å²) in [4.78, 5) is 0. The van der Waals surface area contributed by atoms with Gasteiger partial charge in [0.1, 0.15) is 0 Å². The molecule has 7 heteroatoms. The Labute approximate surface area is 130 Å². The van der Waals surface area contributed by atoms with Gasteiger partial charge in [-0.05, 0) is 30.9 Å². The third-order valence-corrected chi connectivity index (χ3v) is 5.68. The number of hydrogen-bond acceptors (Lipinski definition) is 6. The Hall–Kier alpha value is -0.430. The molecule has 19 heavy (non-hydrogen) atoms. The van der Waals surface area contributed by atoms with Crippen molar-refractivity contribution in [2.45, 2.75) is 11.3 Å². The minimum atomic E-state index is 0.754. The smallest absolute Gasteiger partial charge is 0.210 e. The van der Waals surface area contributed by atoms with E-state index < -0.39 is 0 Å². The lowest BCUT2D eigenvalue weighted by Crippen LogP contribution is -1.92. The van der Waals surface area contributed by atoms with Gasteiger partial charge >= 0.3 is 0 Å². The van der Waals surface area contributed by atoms with Gasteiger partial charge in [-0.1, -0.05) is 40.8 Å². The van der Waals surface area contributed by atoms with Crippen LogP contribution in [0.5, 0.6) is 0 Å². The van der Waals surface area contributed by atoms with E-state index >= 15 is 0 Å². The largest absolute Gasteiger partial charge is 0.330 e. The van der Waals surface area contributed by atoms with E-state index in [4.69, 9.17) is 11.6 Å². The summed E-state index contributed by atoms with van der Waals surface area (Å²) in [7, 11) is 0. The fourth-order valence-corrected chi connectivity index (χ4v) is 4.05. The number of anilines is 2. The van der Waals surface area contributed by atoms with Gasteiger partial charge in [0.25, 0.3) is 0 Å². The van der Waals surface area contributed by atoms with Crippen molar-refractivity contribution in [3.63, 3.8) is 0 Å². The maximum Gasteiger partial charge on any atom is 0.210 e. The number of nitrogens with zero attached hydrogens (tertiary/aromatic N) is 2. The quantitative estimate of drug-likeness (QED) is 0.613. The fraction of sp³-hybridized carbons (Fsp3) is 0.333. The molecule has 0 fully saturated rings. The van der Waals surface area contributed by atoms with Crippen LogP contribution < -0.4 is 5.32 Å². The van der Waals surface area contributed by atoms with E-state index in [0.29, 0.717) is 0 Å². The van der Waals surface area contributed by atoms with Gasteiger partial charge in [-0.25, -0.2) is 0 Å². The number of halogens is 1. The van der Waals surface area contributed by atoms with Crippen LogP contribution >= 0.6 is 46.5 Å². The van der Waals surface area contributed by atoms with Crippen molar-refractivity contribution in [2.75, 3.05) is 23.1 Å². The highest BCUT2D eigenvalue weighted by Gasteiger charge is 2.07. The van der Waals surface area contributed by atoms with E-state index in [0.717, 1.165) is 37.3 Å². The standard InChI is InChI=1S/C12H14ClN3S3/c1-8-9(13)4-3-5-10(8)14-11-15-16-12(19-11)18-7-6-17-2/h3-5H,6-7H2,1-2H3,(H,14,15). The lowest BCUT2D eigenvalue weighted by Gasteiger charge is -2.06. The molecule has 0 radical (unpaired) electrons. The van der Waals surface area contributed by atoms with E-state index in [1.165, 1.54) is 0 Å². The van der Waals surface area contributed by atoms with Crippen molar-refractivity contribution in [3.05, 3.63) is 28.8 Å². The number of aromatic nitrogens is 2. The molecule has 0 saturated carbocycles. The van der Waals surface area contributed by atoms with Crippen LogP contribution in [0.1, 0.15) is 5.56 Å². The van der Waals surface area contributed by atoms with Crippen molar-refractivity contribution in [2.24, 2.45) is 0 Å². The SMILES string of the molecule is CSCCSc1nnc(Nc2cccc(Cl)c2C)s1. The molecule has 0 amide bonds. The maximum absolute atomic E-state index is 6.09. The molecule has 3 nitrogen and oxygen atoms in total. The van der Waals surface area contributed by atoms with Gasteiger partial charge in [-0.3, -0.25) is 0 Å². The summed E-state index contributed by atoms with van der Waals surface area (Å²) in [6.45, 7) is 1.99. The molecule has 2 aromatic rings. The van der Waals surface area contributed by atoms with Crippen molar-refractivity contribution in [3.8, 4) is 0 Å². The lowest BCUT2D eigenvalue weighted by molar-refractivity contribution is 1.01. The van der Waals surface area contributed by atoms with Crippen LogP contribution in [0, 0.1) is 6.92 Å². The first-order valence-corrected chi connectivity index (χ1v) is 9.25. The Bertz CT molecular complexity index is 545. The maximum atomic E-state index is 6.09. The molecule has 0 bridgehead atoms. The second kappa shape index (κ2) is 7.38.